The number of amides is 1. The molecule has 0 unspecified atom stereocenters. The SMILES string of the molecule is O=C(CCc1cccnc1)NCc1cn[nH]c1. The second-order valence-electron chi connectivity index (χ2n) is 3.74. The Hall–Kier alpha value is -2.17. The number of rotatable bonds is 5. The maximum absolute atomic E-state index is 11.5. The number of pyridine rings is 1. The summed E-state index contributed by atoms with van der Waals surface area (Å²) < 4.78 is 0. The first-order valence-corrected chi connectivity index (χ1v) is 5.48. The first-order valence-electron chi connectivity index (χ1n) is 5.48. The molecule has 0 aromatic carbocycles. The molecule has 0 radical (unpaired) electrons. The molecule has 2 heterocycles. The van der Waals surface area contributed by atoms with Gasteiger partial charge in [-0.2, -0.15) is 5.10 Å². The van der Waals surface area contributed by atoms with E-state index in [1.165, 1.54) is 0 Å². The fourth-order valence-electron chi connectivity index (χ4n) is 1.47. The van der Waals surface area contributed by atoms with Crippen molar-refractivity contribution in [2.75, 3.05) is 0 Å². The smallest absolute Gasteiger partial charge is 0.220 e. The summed E-state index contributed by atoms with van der Waals surface area (Å²) in [6.07, 6.45) is 8.16. The second-order valence-corrected chi connectivity index (χ2v) is 3.74. The van der Waals surface area contributed by atoms with Crippen LogP contribution < -0.4 is 5.32 Å². The number of carbonyl (C=O) groups is 1. The number of carbonyl (C=O) groups excluding carboxylic acids is 1. The van der Waals surface area contributed by atoms with Crippen molar-refractivity contribution in [3.8, 4) is 0 Å². The highest BCUT2D eigenvalue weighted by atomic mass is 16.1. The zero-order valence-electron chi connectivity index (χ0n) is 9.39. The summed E-state index contributed by atoms with van der Waals surface area (Å²) in [5.41, 5.74) is 2.05. The zero-order valence-corrected chi connectivity index (χ0v) is 9.39. The van der Waals surface area contributed by atoms with E-state index in [1.807, 2.05) is 12.1 Å². The van der Waals surface area contributed by atoms with Gasteiger partial charge in [-0.05, 0) is 18.1 Å². The fraction of sp³-hybridized carbons (Fsp3) is 0.250. The predicted octanol–water partition coefficient (Wildman–Crippen LogP) is 1.05. The van der Waals surface area contributed by atoms with Crippen LogP contribution in [0.1, 0.15) is 17.5 Å². The molecule has 0 saturated heterocycles. The lowest BCUT2D eigenvalue weighted by Gasteiger charge is -2.03. The van der Waals surface area contributed by atoms with E-state index in [-0.39, 0.29) is 5.91 Å². The minimum absolute atomic E-state index is 0.0371. The average Bonchev–Trinajstić information content (AvgIpc) is 2.88. The third kappa shape index (κ3) is 3.71. The van der Waals surface area contributed by atoms with Gasteiger partial charge in [0.2, 0.25) is 5.91 Å². The molecule has 0 atom stereocenters. The van der Waals surface area contributed by atoms with E-state index in [4.69, 9.17) is 0 Å². The van der Waals surface area contributed by atoms with Crippen molar-refractivity contribution in [3.63, 3.8) is 0 Å². The summed E-state index contributed by atoms with van der Waals surface area (Å²) in [6.45, 7) is 0.516. The van der Waals surface area contributed by atoms with Gasteiger partial charge in [-0.3, -0.25) is 14.9 Å². The zero-order chi connectivity index (χ0) is 11.9. The van der Waals surface area contributed by atoms with Crippen molar-refractivity contribution in [1.29, 1.82) is 0 Å². The van der Waals surface area contributed by atoms with Crippen LogP contribution in [-0.4, -0.2) is 21.1 Å². The van der Waals surface area contributed by atoms with E-state index < -0.39 is 0 Å². The van der Waals surface area contributed by atoms with Crippen LogP contribution in [0.4, 0.5) is 0 Å². The second kappa shape index (κ2) is 5.79. The Bertz CT molecular complexity index is 453. The molecule has 1 amide bonds. The minimum atomic E-state index is 0.0371. The Morgan fingerprint density at radius 1 is 1.35 bits per heavy atom. The monoisotopic (exact) mass is 230 g/mol. The normalized spacial score (nSPS) is 10.1. The summed E-state index contributed by atoms with van der Waals surface area (Å²) >= 11 is 0. The van der Waals surface area contributed by atoms with Crippen molar-refractivity contribution >= 4 is 5.91 Å². The van der Waals surface area contributed by atoms with Gasteiger partial charge in [-0.25, -0.2) is 0 Å². The molecular weight excluding hydrogens is 216 g/mol. The van der Waals surface area contributed by atoms with Crippen LogP contribution in [-0.2, 0) is 17.8 Å². The van der Waals surface area contributed by atoms with E-state index >= 15 is 0 Å². The standard InChI is InChI=1S/C12H14N4O/c17-12(14-7-11-8-15-16-9-11)4-3-10-2-1-5-13-6-10/h1-2,5-6,8-9H,3-4,7H2,(H,14,17)(H,15,16). The van der Waals surface area contributed by atoms with Gasteiger partial charge >= 0.3 is 0 Å². The Balaban J connectivity index is 1.71. The van der Waals surface area contributed by atoms with E-state index in [1.54, 1.807) is 24.8 Å². The summed E-state index contributed by atoms with van der Waals surface area (Å²) in [4.78, 5) is 15.6. The Kier molecular flexibility index (Phi) is 3.85. The summed E-state index contributed by atoms with van der Waals surface area (Å²) in [5, 5.41) is 9.35. The van der Waals surface area contributed by atoms with Crippen molar-refractivity contribution in [2.24, 2.45) is 0 Å². The van der Waals surface area contributed by atoms with Crippen molar-refractivity contribution in [1.82, 2.24) is 20.5 Å². The maximum atomic E-state index is 11.5. The summed E-state index contributed by atoms with van der Waals surface area (Å²) in [7, 11) is 0. The van der Waals surface area contributed by atoms with E-state index in [2.05, 4.69) is 20.5 Å². The van der Waals surface area contributed by atoms with Gasteiger partial charge < -0.3 is 5.32 Å². The third-order valence-corrected chi connectivity index (χ3v) is 2.41. The van der Waals surface area contributed by atoms with Gasteiger partial charge in [-0.1, -0.05) is 6.07 Å². The van der Waals surface area contributed by atoms with Crippen molar-refractivity contribution in [3.05, 3.63) is 48.0 Å². The number of aryl methyl sites for hydroxylation is 1. The summed E-state index contributed by atoms with van der Waals surface area (Å²) in [5.74, 6) is 0.0371. The van der Waals surface area contributed by atoms with Gasteiger partial charge in [0, 0.05) is 37.1 Å². The number of H-pyrrole nitrogens is 1. The van der Waals surface area contributed by atoms with E-state index in [0.29, 0.717) is 19.4 Å². The van der Waals surface area contributed by atoms with Crippen LogP contribution in [0.5, 0.6) is 0 Å². The van der Waals surface area contributed by atoms with E-state index in [9.17, 15) is 4.79 Å². The fourth-order valence-corrected chi connectivity index (χ4v) is 1.47. The highest BCUT2D eigenvalue weighted by molar-refractivity contribution is 5.76. The molecule has 2 rings (SSSR count). The molecule has 5 nitrogen and oxygen atoms in total. The van der Waals surface area contributed by atoms with Crippen LogP contribution in [0.3, 0.4) is 0 Å². The van der Waals surface area contributed by atoms with Crippen LogP contribution in [0.25, 0.3) is 0 Å². The largest absolute Gasteiger partial charge is 0.352 e. The lowest BCUT2D eigenvalue weighted by atomic mass is 10.1. The molecule has 0 fully saturated rings. The quantitative estimate of drug-likeness (QED) is 0.806. The molecule has 2 aromatic rings. The van der Waals surface area contributed by atoms with Crippen LogP contribution in [0, 0.1) is 0 Å². The van der Waals surface area contributed by atoms with Crippen LogP contribution in [0.2, 0.25) is 0 Å². The molecule has 2 aromatic heterocycles. The minimum Gasteiger partial charge on any atom is -0.352 e. The number of hydrogen-bond donors (Lipinski definition) is 2. The van der Waals surface area contributed by atoms with Gasteiger partial charge in [0.05, 0.1) is 6.20 Å². The van der Waals surface area contributed by atoms with E-state index in [0.717, 1.165) is 11.1 Å². The molecule has 2 N–H and O–H groups in total. The molecule has 5 heteroatoms. The lowest BCUT2D eigenvalue weighted by molar-refractivity contribution is -0.121. The molecule has 17 heavy (non-hydrogen) atoms. The van der Waals surface area contributed by atoms with Gasteiger partial charge in [0.25, 0.3) is 0 Å². The van der Waals surface area contributed by atoms with Crippen molar-refractivity contribution in [2.45, 2.75) is 19.4 Å². The van der Waals surface area contributed by atoms with Gasteiger partial charge in [0.15, 0.2) is 0 Å². The number of nitrogens with one attached hydrogen (secondary N) is 2. The number of aromatic amines is 1. The highest BCUT2D eigenvalue weighted by Gasteiger charge is 2.02. The third-order valence-electron chi connectivity index (χ3n) is 2.41. The Labute approximate surface area is 99.3 Å². The first-order chi connectivity index (χ1) is 8.34. The molecule has 0 aliphatic heterocycles. The van der Waals surface area contributed by atoms with Crippen molar-refractivity contribution < 1.29 is 4.79 Å². The molecule has 0 saturated carbocycles. The topological polar surface area (TPSA) is 70.7 Å². The maximum Gasteiger partial charge on any atom is 0.220 e. The molecule has 0 aliphatic rings. The lowest BCUT2D eigenvalue weighted by Crippen LogP contribution is -2.22. The van der Waals surface area contributed by atoms with Crippen LogP contribution >= 0.6 is 0 Å². The van der Waals surface area contributed by atoms with Crippen LogP contribution in [0.15, 0.2) is 36.9 Å². The predicted molar refractivity (Wildman–Crippen MR) is 63.0 cm³/mol. The number of hydrogen-bond acceptors (Lipinski definition) is 3. The number of nitrogens with zero attached hydrogens (tertiary/aromatic N) is 2. The van der Waals surface area contributed by atoms with Gasteiger partial charge in [0.1, 0.15) is 0 Å². The number of aromatic nitrogens is 3. The Morgan fingerprint density at radius 3 is 3.00 bits per heavy atom. The molecule has 0 spiro atoms. The first kappa shape index (κ1) is 11.3. The average molecular weight is 230 g/mol. The Morgan fingerprint density at radius 2 is 2.29 bits per heavy atom. The van der Waals surface area contributed by atoms with Gasteiger partial charge in [-0.15, -0.1) is 0 Å². The molecular formula is C12H14N4O. The molecule has 0 aliphatic carbocycles. The molecule has 88 valence electrons. The summed E-state index contributed by atoms with van der Waals surface area (Å²) in [6, 6.07) is 3.84. The highest BCUT2D eigenvalue weighted by Crippen LogP contribution is 2.00. The molecule has 0 bridgehead atoms.